The van der Waals surface area contributed by atoms with Crippen LogP contribution in [-0.4, -0.2) is 27.7 Å². The van der Waals surface area contributed by atoms with Gasteiger partial charge in [-0.2, -0.15) is 0 Å². The summed E-state index contributed by atoms with van der Waals surface area (Å²) in [6.07, 6.45) is 0.939. The van der Waals surface area contributed by atoms with Gasteiger partial charge in [-0.05, 0) is 42.7 Å². The van der Waals surface area contributed by atoms with Crippen molar-refractivity contribution in [2.75, 3.05) is 0 Å². The Morgan fingerprint density at radius 2 is 1.72 bits per heavy atom. The Kier molecular flexibility index (Phi) is 4.24. The lowest BCUT2D eigenvalue weighted by Gasteiger charge is -2.36. The quantitative estimate of drug-likeness (QED) is 0.465. The molecule has 2 N–H and O–H groups in total. The summed E-state index contributed by atoms with van der Waals surface area (Å²) >= 11 is 0. The molecule has 5 rings (SSSR count). The standard InChI is InChI=1S/C26H20O6/c1-3-7-19(27)16-12-17-14-9-6-11-20(28)21(14)24(30)26(22(17)23(29)13(16)2)18-10-5-4-8-15(18)25(31)32-26/h4-6,8-12,28-29H,3,7H2,1-2H3/t26-/m1/s1. The highest BCUT2D eigenvalue weighted by atomic mass is 16.6. The van der Waals surface area contributed by atoms with E-state index in [1.807, 2.05) is 6.92 Å². The Morgan fingerprint density at radius 3 is 2.47 bits per heavy atom. The Balaban J connectivity index is 1.94. The predicted octanol–water partition coefficient (Wildman–Crippen LogP) is 4.67. The van der Waals surface area contributed by atoms with Crippen LogP contribution in [-0.2, 0) is 10.3 Å². The number of Topliss-reactive ketones (excluding diaryl/α,β-unsaturated/α-hetero) is 2. The molecule has 0 saturated heterocycles. The van der Waals surface area contributed by atoms with Gasteiger partial charge in [0, 0.05) is 23.1 Å². The van der Waals surface area contributed by atoms with Crippen molar-refractivity contribution >= 4 is 17.5 Å². The van der Waals surface area contributed by atoms with Crippen molar-refractivity contribution in [2.45, 2.75) is 32.3 Å². The van der Waals surface area contributed by atoms with Gasteiger partial charge in [0.05, 0.1) is 16.7 Å². The third-order valence-electron chi connectivity index (χ3n) is 6.34. The first-order chi connectivity index (χ1) is 15.3. The monoisotopic (exact) mass is 428 g/mol. The number of ketones is 2. The van der Waals surface area contributed by atoms with Crippen molar-refractivity contribution in [1.82, 2.24) is 0 Å². The zero-order chi connectivity index (χ0) is 22.8. The fourth-order valence-corrected chi connectivity index (χ4v) is 4.85. The average Bonchev–Trinajstić information content (AvgIpc) is 3.07. The molecule has 0 amide bonds. The number of carbonyl (C=O) groups is 3. The van der Waals surface area contributed by atoms with Crippen LogP contribution in [0.3, 0.4) is 0 Å². The Bertz CT molecular complexity index is 1350. The van der Waals surface area contributed by atoms with E-state index in [4.69, 9.17) is 4.74 Å². The van der Waals surface area contributed by atoms with E-state index in [1.165, 1.54) is 6.07 Å². The molecule has 0 unspecified atom stereocenters. The van der Waals surface area contributed by atoms with Crippen LogP contribution in [0.2, 0.25) is 0 Å². The topological polar surface area (TPSA) is 101 Å². The molecule has 0 radical (unpaired) electrons. The number of phenolic OH excluding ortho intramolecular Hbond substituents is 2. The van der Waals surface area contributed by atoms with Gasteiger partial charge in [-0.1, -0.05) is 37.3 Å². The van der Waals surface area contributed by atoms with Crippen molar-refractivity contribution in [2.24, 2.45) is 0 Å². The number of carbonyl (C=O) groups excluding carboxylic acids is 3. The number of phenols is 2. The largest absolute Gasteiger partial charge is 0.507 e. The molecule has 3 aromatic carbocycles. The zero-order valence-corrected chi connectivity index (χ0v) is 17.6. The van der Waals surface area contributed by atoms with Crippen molar-refractivity contribution < 1.29 is 29.3 Å². The molecule has 1 aliphatic carbocycles. The Labute approximate surface area is 184 Å². The third-order valence-corrected chi connectivity index (χ3v) is 6.34. The van der Waals surface area contributed by atoms with Crippen LogP contribution >= 0.6 is 0 Å². The van der Waals surface area contributed by atoms with E-state index < -0.39 is 17.4 Å². The number of esters is 1. The SMILES string of the molecule is CCCC(=O)c1cc2c(c(O)c1C)[C@@]1(OC(=O)c3ccccc31)C(=O)c1c(O)cccc1-2. The molecular formula is C26H20O6. The van der Waals surface area contributed by atoms with Crippen LogP contribution < -0.4 is 0 Å². The minimum atomic E-state index is -1.95. The number of hydrogen-bond donors (Lipinski definition) is 2. The molecule has 0 bridgehead atoms. The van der Waals surface area contributed by atoms with Crippen LogP contribution in [0.25, 0.3) is 11.1 Å². The molecule has 3 aromatic rings. The summed E-state index contributed by atoms with van der Waals surface area (Å²) in [5, 5.41) is 21.9. The second kappa shape index (κ2) is 6.79. The van der Waals surface area contributed by atoms with Gasteiger partial charge in [0.25, 0.3) is 0 Å². The molecule has 32 heavy (non-hydrogen) atoms. The molecule has 160 valence electrons. The molecule has 6 nitrogen and oxygen atoms in total. The average molecular weight is 428 g/mol. The van der Waals surface area contributed by atoms with Crippen LogP contribution in [0.4, 0.5) is 0 Å². The summed E-state index contributed by atoms with van der Waals surface area (Å²) in [5.74, 6) is -2.01. The lowest BCUT2D eigenvalue weighted by molar-refractivity contribution is 0.0119. The zero-order valence-electron chi connectivity index (χ0n) is 17.6. The van der Waals surface area contributed by atoms with Crippen LogP contribution in [0.5, 0.6) is 11.5 Å². The second-order valence-electron chi connectivity index (χ2n) is 8.14. The van der Waals surface area contributed by atoms with Crippen LogP contribution in [0.15, 0.2) is 48.5 Å². The van der Waals surface area contributed by atoms with E-state index in [9.17, 15) is 24.6 Å². The first-order valence-electron chi connectivity index (χ1n) is 10.4. The predicted molar refractivity (Wildman–Crippen MR) is 116 cm³/mol. The lowest BCUT2D eigenvalue weighted by atomic mass is 9.69. The summed E-state index contributed by atoms with van der Waals surface area (Å²) < 4.78 is 5.75. The van der Waals surface area contributed by atoms with Crippen molar-refractivity contribution in [3.05, 3.63) is 81.9 Å². The van der Waals surface area contributed by atoms with E-state index in [0.717, 1.165) is 0 Å². The van der Waals surface area contributed by atoms with Crippen LogP contribution in [0.1, 0.15) is 67.5 Å². The number of fused-ring (bicyclic) bond motifs is 6. The molecule has 6 heteroatoms. The van der Waals surface area contributed by atoms with E-state index in [2.05, 4.69) is 0 Å². The highest BCUT2D eigenvalue weighted by molar-refractivity contribution is 6.20. The van der Waals surface area contributed by atoms with E-state index in [-0.39, 0.29) is 34.0 Å². The maximum atomic E-state index is 13.9. The number of benzene rings is 3. The first kappa shape index (κ1) is 20.0. The smallest absolute Gasteiger partial charge is 0.340 e. The maximum Gasteiger partial charge on any atom is 0.340 e. The number of rotatable bonds is 3. The second-order valence-corrected chi connectivity index (χ2v) is 8.14. The lowest BCUT2D eigenvalue weighted by Crippen LogP contribution is -2.41. The number of ether oxygens (including phenoxy) is 1. The highest BCUT2D eigenvalue weighted by Gasteiger charge is 2.59. The molecule has 0 saturated carbocycles. The number of hydrogen-bond acceptors (Lipinski definition) is 6. The van der Waals surface area contributed by atoms with Gasteiger partial charge in [0.15, 0.2) is 5.78 Å². The Hall–Kier alpha value is -3.93. The fraction of sp³-hybridized carbons (Fsp3) is 0.192. The molecule has 1 heterocycles. The fourth-order valence-electron chi connectivity index (χ4n) is 4.85. The summed E-state index contributed by atoms with van der Waals surface area (Å²) in [6.45, 7) is 3.50. The summed E-state index contributed by atoms with van der Waals surface area (Å²) in [7, 11) is 0. The van der Waals surface area contributed by atoms with Gasteiger partial charge in [-0.15, -0.1) is 0 Å². The molecule has 0 aromatic heterocycles. The van der Waals surface area contributed by atoms with Crippen molar-refractivity contribution in [3.63, 3.8) is 0 Å². The summed E-state index contributed by atoms with van der Waals surface area (Å²) in [5.41, 5.74) is 0.0700. The van der Waals surface area contributed by atoms with Gasteiger partial charge in [-0.25, -0.2) is 4.79 Å². The third kappa shape index (κ3) is 2.37. The van der Waals surface area contributed by atoms with E-state index >= 15 is 0 Å². The van der Waals surface area contributed by atoms with Crippen LogP contribution in [0, 0.1) is 6.92 Å². The highest BCUT2D eigenvalue weighted by Crippen LogP contribution is 2.56. The van der Waals surface area contributed by atoms with Gasteiger partial charge >= 0.3 is 5.97 Å². The minimum Gasteiger partial charge on any atom is -0.507 e. The van der Waals surface area contributed by atoms with Crippen molar-refractivity contribution in [1.29, 1.82) is 0 Å². The molecular weight excluding hydrogens is 408 g/mol. The van der Waals surface area contributed by atoms with E-state index in [1.54, 1.807) is 49.4 Å². The summed E-state index contributed by atoms with van der Waals surface area (Å²) in [4.78, 5) is 39.5. The molecule has 2 aliphatic rings. The van der Waals surface area contributed by atoms with E-state index in [0.29, 0.717) is 40.7 Å². The maximum absolute atomic E-state index is 13.9. The van der Waals surface area contributed by atoms with Crippen molar-refractivity contribution in [3.8, 4) is 22.6 Å². The molecule has 1 atom stereocenters. The minimum absolute atomic E-state index is 0.0124. The first-order valence-corrected chi connectivity index (χ1v) is 10.4. The normalized spacial score (nSPS) is 18.2. The number of aromatic hydroxyl groups is 2. The summed E-state index contributed by atoms with van der Waals surface area (Å²) in [6, 6.07) is 12.8. The molecule has 1 aliphatic heterocycles. The van der Waals surface area contributed by atoms with Gasteiger partial charge in [-0.3, -0.25) is 9.59 Å². The van der Waals surface area contributed by atoms with Gasteiger partial charge in [0.2, 0.25) is 11.4 Å². The van der Waals surface area contributed by atoms with Gasteiger partial charge < -0.3 is 14.9 Å². The molecule has 1 spiro atoms. The van der Waals surface area contributed by atoms with Gasteiger partial charge in [0.1, 0.15) is 11.5 Å². The Morgan fingerprint density at radius 1 is 1.00 bits per heavy atom. The molecule has 0 fully saturated rings.